The predicted molar refractivity (Wildman–Crippen MR) is 57.9 cm³/mol. The Morgan fingerprint density at radius 1 is 1.47 bits per heavy atom. The number of rotatable bonds is 3. The molecule has 0 fully saturated rings. The van der Waals surface area contributed by atoms with Gasteiger partial charge >= 0.3 is 0 Å². The molecule has 0 amide bonds. The summed E-state index contributed by atoms with van der Waals surface area (Å²) in [4.78, 5) is 4.86. The molecule has 1 heterocycles. The molecule has 0 bridgehead atoms. The molecule has 6 heteroatoms. The fraction of sp³-hybridized carbons (Fsp3) is 0.111. The summed E-state index contributed by atoms with van der Waals surface area (Å²) in [6.45, 7) is -0.00697. The molecule has 2 aromatic rings. The molecule has 0 aliphatic rings. The topological polar surface area (TPSA) is 61.8 Å². The van der Waals surface area contributed by atoms with Crippen molar-refractivity contribution in [1.29, 1.82) is 0 Å². The molecular weight excluding hydrogens is 234 g/mol. The highest BCUT2D eigenvalue weighted by Gasteiger charge is 2.05. The van der Waals surface area contributed by atoms with Gasteiger partial charge in [0.2, 0.25) is 0 Å². The number of nitrogens with zero attached hydrogens (tertiary/aromatic N) is 2. The van der Waals surface area contributed by atoms with Crippen molar-refractivity contribution in [3.05, 3.63) is 35.1 Å². The van der Waals surface area contributed by atoms with Crippen molar-refractivity contribution in [3.63, 3.8) is 0 Å². The average Bonchev–Trinajstić information content (AvgIpc) is 2.74. The Morgan fingerprint density at radius 2 is 2.33 bits per heavy atom. The number of halogens is 1. The molecular formula is C9H8ClN3OS. The molecule has 4 nitrogen and oxygen atoms in total. The van der Waals surface area contributed by atoms with Gasteiger partial charge in [-0.05, 0) is 29.5 Å². The minimum absolute atomic E-state index is 0.00697. The lowest BCUT2D eigenvalue weighted by molar-refractivity contribution is 0.282. The Kier molecular flexibility index (Phi) is 3.25. The predicted octanol–water partition coefficient (Wildman–Crippen LogP) is 2.10. The van der Waals surface area contributed by atoms with Crippen LogP contribution in [0.2, 0.25) is 5.02 Å². The Hall–Kier alpha value is -1.04. The van der Waals surface area contributed by atoms with Gasteiger partial charge in [0, 0.05) is 4.90 Å². The number of aromatic nitrogens is 3. The van der Waals surface area contributed by atoms with E-state index in [9.17, 15) is 0 Å². The number of aliphatic hydroxyl groups excluding tert-OH is 1. The van der Waals surface area contributed by atoms with Gasteiger partial charge in [0.05, 0.1) is 11.6 Å². The molecule has 15 heavy (non-hydrogen) atoms. The van der Waals surface area contributed by atoms with Crippen LogP contribution < -0.4 is 0 Å². The third-order valence-corrected chi connectivity index (χ3v) is 3.17. The number of hydrogen-bond acceptors (Lipinski definition) is 4. The van der Waals surface area contributed by atoms with Crippen molar-refractivity contribution in [2.24, 2.45) is 0 Å². The molecule has 0 radical (unpaired) electrons. The zero-order chi connectivity index (χ0) is 10.7. The summed E-state index contributed by atoms with van der Waals surface area (Å²) in [6, 6.07) is 5.41. The SMILES string of the molecule is OCc1ccc(Sc2ncn[nH]2)c(Cl)c1. The number of nitrogens with one attached hydrogen (secondary N) is 1. The van der Waals surface area contributed by atoms with Crippen LogP contribution in [0, 0.1) is 0 Å². The van der Waals surface area contributed by atoms with Crippen LogP contribution in [0.15, 0.2) is 34.6 Å². The third kappa shape index (κ3) is 2.50. The van der Waals surface area contributed by atoms with E-state index in [0.717, 1.165) is 10.5 Å². The summed E-state index contributed by atoms with van der Waals surface area (Å²) in [6.07, 6.45) is 1.44. The molecule has 0 unspecified atom stereocenters. The molecule has 0 saturated carbocycles. The summed E-state index contributed by atoms with van der Waals surface area (Å²) in [7, 11) is 0. The number of H-pyrrole nitrogens is 1. The second-order valence-corrected chi connectivity index (χ2v) is 4.25. The fourth-order valence-electron chi connectivity index (χ4n) is 1.07. The molecule has 78 valence electrons. The summed E-state index contributed by atoms with van der Waals surface area (Å²) in [5, 5.41) is 16.7. The molecule has 0 spiro atoms. The minimum Gasteiger partial charge on any atom is -0.392 e. The average molecular weight is 242 g/mol. The summed E-state index contributed by atoms with van der Waals surface area (Å²) < 4.78 is 0. The largest absolute Gasteiger partial charge is 0.392 e. The van der Waals surface area contributed by atoms with Crippen LogP contribution in [0.3, 0.4) is 0 Å². The number of benzene rings is 1. The van der Waals surface area contributed by atoms with E-state index < -0.39 is 0 Å². The summed E-state index contributed by atoms with van der Waals surface area (Å²) >= 11 is 7.43. The van der Waals surface area contributed by atoms with Crippen molar-refractivity contribution >= 4 is 23.4 Å². The lowest BCUT2D eigenvalue weighted by Crippen LogP contribution is -1.84. The lowest BCUT2D eigenvalue weighted by Gasteiger charge is -2.03. The van der Waals surface area contributed by atoms with Gasteiger partial charge in [-0.2, -0.15) is 5.10 Å². The van der Waals surface area contributed by atoms with Crippen LogP contribution in [0.4, 0.5) is 0 Å². The Bertz CT molecular complexity index is 447. The standard InChI is InChI=1S/C9H8ClN3OS/c10-7-3-6(4-14)1-2-8(7)15-9-11-5-12-13-9/h1-3,5,14H,4H2,(H,11,12,13). The molecule has 1 aromatic carbocycles. The van der Waals surface area contributed by atoms with Crippen LogP contribution >= 0.6 is 23.4 Å². The second kappa shape index (κ2) is 4.65. The summed E-state index contributed by atoms with van der Waals surface area (Å²) in [5.41, 5.74) is 0.793. The van der Waals surface area contributed by atoms with Crippen LogP contribution in [0.5, 0.6) is 0 Å². The molecule has 0 atom stereocenters. The zero-order valence-electron chi connectivity index (χ0n) is 7.64. The molecule has 0 aliphatic carbocycles. The van der Waals surface area contributed by atoms with Crippen molar-refractivity contribution in [1.82, 2.24) is 15.2 Å². The number of aliphatic hydroxyl groups is 1. The van der Waals surface area contributed by atoms with Gasteiger partial charge in [0.15, 0.2) is 5.16 Å². The number of aromatic amines is 1. The van der Waals surface area contributed by atoms with Crippen molar-refractivity contribution < 1.29 is 5.11 Å². The highest BCUT2D eigenvalue weighted by Crippen LogP contribution is 2.31. The van der Waals surface area contributed by atoms with Crippen LogP contribution in [0.1, 0.15) is 5.56 Å². The first kappa shape index (κ1) is 10.5. The van der Waals surface area contributed by atoms with Crippen molar-refractivity contribution in [3.8, 4) is 0 Å². The monoisotopic (exact) mass is 241 g/mol. The van der Waals surface area contributed by atoms with E-state index in [-0.39, 0.29) is 6.61 Å². The van der Waals surface area contributed by atoms with Gasteiger partial charge < -0.3 is 5.11 Å². The van der Waals surface area contributed by atoms with Gasteiger partial charge in [-0.1, -0.05) is 17.7 Å². The van der Waals surface area contributed by atoms with Crippen LogP contribution in [-0.2, 0) is 6.61 Å². The van der Waals surface area contributed by atoms with Gasteiger partial charge in [0.25, 0.3) is 0 Å². The maximum Gasteiger partial charge on any atom is 0.188 e. The van der Waals surface area contributed by atoms with E-state index in [4.69, 9.17) is 16.7 Å². The molecule has 0 saturated heterocycles. The lowest BCUT2D eigenvalue weighted by atomic mass is 10.2. The quantitative estimate of drug-likeness (QED) is 0.864. The Balaban J connectivity index is 2.22. The van der Waals surface area contributed by atoms with Gasteiger partial charge in [-0.3, -0.25) is 5.10 Å². The fourth-order valence-corrected chi connectivity index (χ4v) is 2.09. The van der Waals surface area contributed by atoms with Crippen molar-refractivity contribution in [2.75, 3.05) is 0 Å². The van der Waals surface area contributed by atoms with E-state index in [2.05, 4.69) is 15.2 Å². The van der Waals surface area contributed by atoms with Gasteiger partial charge in [-0.25, -0.2) is 4.98 Å². The van der Waals surface area contributed by atoms with Crippen LogP contribution in [-0.4, -0.2) is 20.3 Å². The van der Waals surface area contributed by atoms with Crippen LogP contribution in [0.25, 0.3) is 0 Å². The Labute approximate surface area is 95.7 Å². The van der Waals surface area contributed by atoms with E-state index in [1.165, 1.54) is 18.1 Å². The van der Waals surface area contributed by atoms with E-state index in [0.29, 0.717) is 10.2 Å². The third-order valence-electron chi connectivity index (χ3n) is 1.78. The van der Waals surface area contributed by atoms with E-state index in [1.54, 1.807) is 6.07 Å². The molecule has 2 rings (SSSR count). The maximum atomic E-state index is 8.92. The van der Waals surface area contributed by atoms with E-state index >= 15 is 0 Å². The molecule has 2 N–H and O–H groups in total. The zero-order valence-corrected chi connectivity index (χ0v) is 9.22. The molecule has 0 aliphatic heterocycles. The van der Waals surface area contributed by atoms with Gasteiger partial charge in [-0.15, -0.1) is 0 Å². The Morgan fingerprint density at radius 3 is 2.93 bits per heavy atom. The van der Waals surface area contributed by atoms with E-state index in [1.807, 2.05) is 12.1 Å². The first-order chi connectivity index (χ1) is 7.29. The normalized spacial score (nSPS) is 10.5. The highest BCUT2D eigenvalue weighted by molar-refractivity contribution is 7.99. The molecule has 1 aromatic heterocycles. The first-order valence-electron chi connectivity index (χ1n) is 4.22. The number of hydrogen-bond donors (Lipinski definition) is 2. The second-order valence-electron chi connectivity index (χ2n) is 2.82. The highest BCUT2D eigenvalue weighted by atomic mass is 35.5. The summed E-state index contributed by atoms with van der Waals surface area (Å²) in [5.74, 6) is 0. The first-order valence-corrected chi connectivity index (χ1v) is 5.41. The minimum atomic E-state index is -0.00697. The van der Waals surface area contributed by atoms with Gasteiger partial charge in [0.1, 0.15) is 6.33 Å². The smallest absolute Gasteiger partial charge is 0.188 e. The maximum absolute atomic E-state index is 8.92. The van der Waals surface area contributed by atoms with Crippen molar-refractivity contribution in [2.45, 2.75) is 16.7 Å².